The van der Waals surface area contributed by atoms with Gasteiger partial charge in [-0.1, -0.05) is 6.07 Å². The van der Waals surface area contributed by atoms with Crippen LogP contribution in [-0.2, 0) is 0 Å². The van der Waals surface area contributed by atoms with E-state index in [-0.39, 0.29) is 6.04 Å². The lowest BCUT2D eigenvalue weighted by Gasteiger charge is -2.21. The van der Waals surface area contributed by atoms with Gasteiger partial charge in [0, 0.05) is 6.07 Å². The van der Waals surface area contributed by atoms with Crippen molar-refractivity contribution in [3.8, 4) is 5.75 Å². The molecule has 0 aliphatic rings. The highest BCUT2D eigenvalue weighted by Crippen LogP contribution is 2.30. The molecule has 0 bridgehead atoms. The number of hydrogen-bond donors (Lipinski definition) is 1. The number of ether oxygens (including phenoxy) is 1. The number of aryl methyl sites for hydroxylation is 2. The first kappa shape index (κ1) is 15.4. The standard InChI is InChI=1S/C17H19F2NO/c1-10-6-16(21-4)11(2)5-15(10)17(20-3)12-7-13(18)9-14(19)8-12/h5-9,17,20H,1-4H3. The summed E-state index contributed by atoms with van der Waals surface area (Å²) in [6, 6.07) is 7.22. The van der Waals surface area contributed by atoms with E-state index in [9.17, 15) is 8.78 Å². The molecule has 21 heavy (non-hydrogen) atoms. The van der Waals surface area contributed by atoms with Crippen LogP contribution < -0.4 is 10.1 Å². The van der Waals surface area contributed by atoms with E-state index in [0.717, 1.165) is 28.5 Å². The van der Waals surface area contributed by atoms with E-state index in [0.29, 0.717) is 5.56 Å². The van der Waals surface area contributed by atoms with Crippen LogP contribution >= 0.6 is 0 Å². The number of benzene rings is 2. The van der Waals surface area contributed by atoms with Crippen LogP contribution in [0.25, 0.3) is 0 Å². The summed E-state index contributed by atoms with van der Waals surface area (Å²) in [6.45, 7) is 3.90. The molecule has 0 saturated carbocycles. The van der Waals surface area contributed by atoms with Crippen molar-refractivity contribution in [1.29, 1.82) is 0 Å². The Labute approximate surface area is 123 Å². The highest BCUT2D eigenvalue weighted by molar-refractivity contribution is 5.45. The molecule has 1 N–H and O–H groups in total. The number of rotatable bonds is 4. The SMILES string of the molecule is CNC(c1cc(F)cc(F)c1)c1cc(C)c(OC)cc1C. The molecule has 0 spiro atoms. The van der Waals surface area contributed by atoms with Crippen LogP contribution in [0.2, 0.25) is 0 Å². The zero-order valence-electron chi connectivity index (χ0n) is 12.6. The third-order valence-electron chi connectivity index (χ3n) is 3.60. The normalized spacial score (nSPS) is 12.3. The lowest BCUT2D eigenvalue weighted by Crippen LogP contribution is -2.19. The van der Waals surface area contributed by atoms with Gasteiger partial charge in [0.2, 0.25) is 0 Å². The zero-order chi connectivity index (χ0) is 15.6. The van der Waals surface area contributed by atoms with Crippen LogP contribution in [0.5, 0.6) is 5.75 Å². The Morgan fingerprint density at radius 3 is 2.10 bits per heavy atom. The summed E-state index contributed by atoms with van der Waals surface area (Å²) >= 11 is 0. The van der Waals surface area contributed by atoms with Crippen molar-refractivity contribution in [2.75, 3.05) is 14.2 Å². The lowest BCUT2D eigenvalue weighted by atomic mass is 9.93. The summed E-state index contributed by atoms with van der Waals surface area (Å²) in [5.74, 6) is -0.349. The minimum atomic E-state index is -0.576. The topological polar surface area (TPSA) is 21.3 Å². The van der Waals surface area contributed by atoms with Crippen LogP contribution in [0.4, 0.5) is 8.78 Å². The van der Waals surface area contributed by atoms with Crippen LogP contribution in [0.1, 0.15) is 28.3 Å². The first-order valence-electron chi connectivity index (χ1n) is 6.74. The first-order chi connectivity index (χ1) is 9.96. The fourth-order valence-electron chi connectivity index (χ4n) is 2.59. The van der Waals surface area contributed by atoms with E-state index < -0.39 is 11.6 Å². The predicted octanol–water partition coefficient (Wildman–Crippen LogP) is 3.90. The molecule has 0 aliphatic carbocycles. The Bertz CT molecular complexity index is 635. The van der Waals surface area contributed by atoms with Gasteiger partial charge in [0.05, 0.1) is 13.2 Å². The second kappa shape index (κ2) is 6.22. The van der Waals surface area contributed by atoms with Gasteiger partial charge < -0.3 is 10.1 Å². The molecule has 0 saturated heterocycles. The largest absolute Gasteiger partial charge is 0.496 e. The van der Waals surface area contributed by atoms with Crippen molar-refractivity contribution in [3.05, 3.63) is 64.2 Å². The Balaban J connectivity index is 2.53. The molecule has 0 heterocycles. The highest BCUT2D eigenvalue weighted by Gasteiger charge is 2.17. The Morgan fingerprint density at radius 2 is 1.57 bits per heavy atom. The van der Waals surface area contributed by atoms with Gasteiger partial charge in [-0.25, -0.2) is 8.78 Å². The van der Waals surface area contributed by atoms with Gasteiger partial charge in [0.25, 0.3) is 0 Å². The number of methoxy groups -OCH3 is 1. The Hall–Kier alpha value is -1.94. The third-order valence-corrected chi connectivity index (χ3v) is 3.60. The molecule has 112 valence electrons. The van der Waals surface area contributed by atoms with Gasteiger partial charge in [-0.15, -0.1) is 0 Å². The minimum absolute atomic E-state index is 0.278. The van der Waals surface area contributed by atoms with E-state index in [1.54, 1.807) is 14.2 Å². The van der Waals surface area contributed by atoms with Gasteiger partial charge >= 0.3 is 0 Å². The Morgan fingerprint density at radius 1 is 0.952 bits per heavy atom. The number of nitrogens with one attached hydrogen (secondary N) is 1. The Kier molecular flexibility index (Phi) is 4.58. The molecule has 2 aromatic rings. The van der Waals surface area contributed by atoms with Gasteiger partial charge in [-0.2, -0.15) is 0 Å². The minimum Gasteiger partial charge on any atom is -0.496 e. The second-order valence-corrected chi connectivity index (χ2v) is 5.10. The van der Waals surface area contributed by atoms with E-state index in [2.05, 4.69) is 5.32 Å². The van der Waals surface area contributed by atoms with E-state index in [1.807, 2.05) is 26.0 Å². The third kappa shape index (κ3) is 3.22. The summed E-state index contributed by atoms with van der Waals surface area (Å²) in [5.41, 5.74) is 3.51. The summed E-state index contributed by atoms with van der Waals surface area (Å²) in [4.78, 5) is 0. The molecular weight excluding hydrogens is 272 g/mol. The zero-order valence-corrected chi connectivity index (χ0v) is 12.6. The monoisotopic (exact) mass is 291 g/mol. The molecule has 0 amide bonds. The van der Waals surface area contributed by atoms with Gasteiger partial charge in [-0.05, 0) is 61.3 Å². The summed E-state index contributed by atoms with van der Waals surface area (Å²) < 4.78 is 32.2. The molecule has 0 aromatic heterocycles. The smallest absolute Gasteiger partial charge is 0.126 e. The van der Waals surface area contributed by atoms with Crippen LogP contribution in [0, 0.1) is 25.5 Å². The van der Waals surface area contributed by atoms with Crippen LogP contribution in [-0.4, -0.2) is 14.2 Å². The molecule has 0 fully saturated rings. The maximum atomic E-state index is 13.5. The number of halogens is 2. The molecule has 0 aliphatic heterocycles. The highest BCUT2D eigenvalue weighted by atomic mass is 19.1. The predicted molar refractivity (Wildman–Crippen MR) is 79.7 cm³/mol. The lowest BCUT2D eigenvalue weighted by molar-refractivity contribution is 0.411. The maximum Gasteiger partial charge on any atom is 0.126 e. The summed E-state index contributed by atoms with van der Waals surface area (Å²) in [7, 11) is 3.39. The molecule has 0 radical (unpaired) electrons. The fraction of sp³-hybridized carbons (Fsp3) is 0.294. The van der Waals surface area contributed by atoms with E-state index in [1.165, 1.54) is 12.1 Å². The molecule has 1 unspecified atom stereocenters. The van der Waals surface area contributed by atoms with E-state index >= 15 is 0 Å². The van der Waals surface area contributed by atoms with Crippen molar-refractivity contribution < 1.29 is 13.5 Å². The average Bonchev–Trinajstić information content (AvgIpc) is 2.42. The fourth-order valence-corrected chi connectivity index (χ4v) is 2.59. The van der Waals surface area contributed by atoms with E-state index in [4.69, 9.17) is 4.74 Å². The van der Waals surface area contributed by atoms with Crippen LogP contribution in [0.15, 0.2) is 30.3 Å². The van der Waals surface area contributed by atoms with Gasteiger partial charge in [0.15, 0.2) is 0 Å². The molecule has 2 aromatic carbocycles. The van der Waals surface area contributed by atoms with Crippen molar-refractivity contribution in [2.45, 2.75) is 19.9 Å². The first-order valence-corrected chi connectivity index (χ1v) is 6.74. The molecular formula is C17H19F2NO. The maximum absolute atomic E-state index is 13.5. The van der Waals surface area contributed by atoms with Crippen molar-refractivity contribution in [1.82, 2.24) is 5.32 Å². The average molecular weight is 291 g/mol. The molecule has 2 rings (SSSR count). The van der Waals surface area contributed by atoms with Crippen molar-refractivity contribution >= 4 is 0 Å². The number of hydrogen-bond acceptors (Lipinski definition) is 2. The quantitative estimate of drug-likeness (QED) is 0.922. The van der Waals surface area contributed by atoms with Crippen molar-refractivity contribution in [3.63, 3.8) is 0 Å². The van der Waals surface area contributed by atoms with Gasteiger partial charge in [0.1, 0.15) is 17.4 Å². The van der Waals surface area contributed by atoms with Crippen molar-refractivity contribution in [2.24, 2.45) is 0 Å². The summed E-state index contributed by atoms with van der Waals surface area (Å²) in [6.07, 6.45) is 0. The molecule has 1 atom stereocenters. The van der Waals surface area contributed by atoms with Crippen LogP contribution in [0.3, 0.4) is 0 Å². The molecule has 4 heteroatoms. The van der Waals surface area contributed by atoms with Gasteiger partial charge in [-0.3, -0.25) is 0 Å². The molecule has 2 nitrogen and oxygen atoms in total. The summed E-state index contributed by atoms with van der Waals surface area (Å²) in [5, 5.41) is 3.12. The second-order valence-electron chi connectivity index (χ2n) is 5.10.